The van der Waals surface area contributed by atoms with Gasteiger partial charge in [-0.3, -0.25) is 19.1 Å². The minimum atomic E-state index is -0.368. The number of carbonyl (C=O) groups excluding carboxylic acids is 1. The number of thiophene rings is 1. The summed E-state index contributed by atoms with van der Waals surface area (Å²) in [6, 6.07) is 16.4. The molecular weight excluding hydrogens is 430 g/mol. The summed E-state index contributed by atoms with van der Waals surface area (Å²) in [6.07, 6.45) is 1.64. The second-order valence-corrected chi connectivity index (χ2v) is 8.58. The van der Waals surface area contributed by atoms with Crippen LogP contribution in [0.4, 0.5) is 5.00 Å². The van der Waals surface area contributed by atoms with Crippen LogP contribution in [-0.4, -0.2) is 20.4 Å². The molecule has 5 aromatic rings. The van der Waals surface area contributed by atoms with Crippen molar-refractivity contribution >= 4 is 54.8 Å². The third-order valence-electron chi connectivity index (χ3n) is 4.73. The van der Waals surface area contributed by atoms with Crippen LogP contribution in [0.3, 0.4) is 0 Å². The second kappa shape index (κ2) is 7.75. The van der Waals surface area contributed by atoms with E-state index in [0.717, 1.165) is 10.2 Å². The first-order valence-electron chi connectivity index (χ1n) is 9.26. The van der Waals surface area contributed by atoms with Gasteiger partial charge in [-0.1, -0.05) is 12.1 Å². The molecule has 0 aliphatic heterocycles. The second-order valence-electron chi connectivity index (χ2n) is 6.67. The maximum Gasteiger partial charge on any atom is 0.251 e. The Morgan fingerprint density at radius 3 is 2.84 bits per heavy atom. The Hall–Kier alpha value is -3.87. The zero-order chi connectivity index (χ0) is 21.4. The molecule has 150 valence electrons. The molecule has 0 atom stereocenters. The van der Waals surface area contributed by atoms with E-state index in [1.54, 1.807) is 29.8 Å². The fourth-order valence-corrected chi connectivity index (χ4v) is 5.32. The summed E-state index contributed by atoms with van der Waals surface area (Å²) < 4.78 is 2.38. The molecule has 1 amide bonds. The van der Waals surface area contributed by atoms with Crippen LogP contribution < -0.4 is 10.9 Å². The average molecular weight is 444 g/mol. The number of nitrogens with zero attached hydrogens (tertiary/aromatic N) is 4. The van der Waals surface area contributed by atoms with Crippen molar-refractivity contribution in [1.82, 2.24) is 14.5 Å². The number of hydrogen-bond acceptors (Lipinski definition) is 7. The maximum absolute atomic E-state index is 12.8. The highest BCUT2D eigenvalue weighted by molar-refractivity contribution is 7.22. The quantitative estimate of drug-likeness (QED) is 0.448. The van der Waals surface area contributed by atoms with Crippen molar-refractivity contribution in [1.29, 1.82) is 5.26 Å². The Bertz CT molecular complexity index is 1520. The number of hydrogen-bond donors (Lipinski definition) is 1. The molecule has 31 heavy (non-hydrogen) atoms. The molecule has 0 bridgehead atoms. The number of nitrogens with one attached hydrogen (secondary N) is 1. The molecule has 0 fully saturated rings. The van der Waals surface area contributed by atoms with Gasteiger partial charge in [-0.2, -0.15) is 5.26 Å². The highest BCUT2D eigenvalue weighted by Gasteiger charge is 2.20. The van der Waals surface area contributed by atoms with Crippen molar-refractivity contribution in [3.8, 4) is 16.6 Å². The first-order chi connectivity index (χ1) is 15.1. The van der Waals surface area contributed by atoms with Crippen LogP contribution in [0.2, 0.25) is 0 Å². The lowest BCUT2D eigenvalue weighted by molar-refractivity contribution is -0.116. The van der Waals surface area contributed by atoms with E-state index in [4.69, 9.17) is 0 Å². The lowest BCUT2D eigenvalue weighted by Crippen LogP contribution is -2.27. The number of rotatable bonds is 4. The van der Waals surface area contributed by atoms with Gasteiger partial charge < -0.3 is 5.32 Å². The monoisotopic (exact) mass is 443 g/mol. The number of amides is 1. The maximum atomic E-state index is 12.8. The van der Waals surface area contributed by atoms with Gasteiger partial charge in [-0.15, -0.1) is 22.7 Å². The fraction of sp³-hybridized carbons (Fsp3) is 0.0455. The van der Waals surface area contributed by atoms with Crippen LogP contribution in [0.5, 0.6) is 0 Å². The molecule has 1 N–H and O–H groups in total. The van der Waals surface area contributed by atoms with Crippen LogP contribution >= 0.6 is 22.7 Å². The summed E-state index contributed by atoms with van der Waals surface area (Å²) in [5.41, 5.74) is 2.82. The lowest BCUT2D eigenvalue weighted by atomic mass is 10.2. The summed E-state index contributed by atoms with van der Waals surface area (Å²) in [5.74, 6) is -0.368. The molecule has 0 spiro atoms. The minimum absolute atomic E-state index is 0.166. The summed E-state index contributed by atoms with van der Waals surface area (Å²) in [6.45, 7) is -0.166. The van der Waals surface area contributed by atoms with Gasteiger partial charge in [0.2, 0.25) is 5.91 Å². The van der Waals surface area contributed by atoms with Crippen LogP contribution in [0.25, 0.3) is 31.8 Å². The zero-order valence-corrected chi connectivity index (χ0v) is 17.5. The molecule has 7 nitrogen and oxygen atoms in total. The third kappa shape index (κ3) is 3.48. The van der Waals surface area contributed by atoms with Gasteiger partial charge >= 0.3 is 0 Å². The molecule has 0 aliphatic carbocycles. The number of thiazole rings is 1. The number of para-hydroxylation sites is 1. The van der Waals surface area contributed by atoms with Crippen LogP contribution in [-0.2, 0) is 11.3 Å². The highest BCUT2D eigenvalue weighted by atomic mass is 32.1. The molecule has 0 saturated heterocycles. The van der Waals surface area contributed by atoms with Gasteiger partial charge in [-0.05, 0) is 30.3 Å². The topological polar surface area (TPSA) is 101 Å². The predicted molar refractivity (Wildman–Crippen MR) is 122 cm³/mol. The number of benzene rings is 1. The molecule has 0 radical (unpaired) electrons. The predicted octanol–water partition coefficient (Wildman–Crippen LogP) is 4.25. The first kappa shape index (κ1) is 19.1. The number of anilines is 1. The van der Waals surface area contributed by atoms with Crippen molar-refractivity contribution in [3.63, 3.8) is 0 Å². The summed E-state index contributed by atoms with van der Waals surface area (Å²) in [7, 11) is 0. The number of fused-ring (bicyclic) bond motifs is 2. The average Bonchev–Trinajstić information content (AvgIpc) is 3.39. The summed E-state index contributed by atoms with van der Waals surface area (Å²) in [5, 5.41) is 15.3. The van der Waals surface area contributed by atoms with Gasteiger partial charge in [0.25, 0.3) is 5.56 Å². The molecule has 4 aromatic heterocycles. The van der Waals surface area contributed by atoms with E-state index >= 15 is 0 Å². The summed E-state index contributed by atoms with van der Waals surface area (Å²) >= 11 is 2.73. The van der Waals surface area contributed by atoms with E-state index in [0.29, 0.717) is 32.2 Å². The van der Waals surface area contributed by atoms with Gasteiger partial charge in [0.1, 0.15) is 22.6 Å². The minimum Gasteiger partial charge on any atom is -0.316 e. The van der Waals surface area contributed by atoms with E-state index in [1.807, 2.05) is 24.3 Å². The molecule has 0 aliphatic rings. The summed E-state index contributed by atoms with van der Waals surface area (Å²) in [4.78, 5) is 34.1. The van der Waals surface area contributed by atoms with Gasteiger partial charge in [0.05, 0.1) is 32.4 Å². The largest absolute Gasteiger partial charge is 0.316 e. The Morgan fingerprint density at radius 1 is 1.13 bits per heavy atom. The van der Waals surface area contributed by atoms with Crippen LogP contribution in [0.1, 0.15) is 5.56 Å². The SMILES string of the molecule is N#Cc1csc(NC(=O)Cn2c(=O)ccc3ncccc32)c1-c1nc2ccccc2s1. The Labute approximate surface area is 183 Å². The van der Waals surface area contributed by atoms with E-state index in [1.165, 1.54) is 33.3 Å². The molecule has 0 saturated carbocycles. The number of carbonyl (C=O) groups is 1. The first-order valence-corrected chi connectivity index (χ1v) is 11.0. The van der Waals surface area contributed by atoms with Crippen molar-refractivity contribution in [2.24, 2.45) is 0 Å². The van der Waals surface area contributed by atoms with Crippen molar-refractivity contribution < 1.29 is 4.79 Å². The molecule has 0 unspecified atom stereocenters. The molecule has 9 heteroatoms. The Kier molecular flexibility index (Phi) is 4.78. The van der Waals surface area contributed by atoms with E-state index in [-0.39, 0.29) is 18.0 Å². The standard InChI is InChI=1S/C22H13N5O2S2/c23-10-13-12-30-21(20(13)22-25-15-4-1-2-6-17(15)31-22)26-18(28)11-27-16-5-3-9-24-14(16)7-8-19(27)29/h1-9,12H,11H2,(H,26,28). The number of pyridine rings is 2. The molecular formula is C22H13N5O2S2. The smallest absolute Gasteiger partial charge is 0.251 e. The van der Waals surface area contributed by atoms with Gasteiger partial charge in [0.15, 0.2) is 0 Å². The van der Waals surface area contributed by atoms with Gasteiger partial charge in [-0.25, -0.2) is 4.98 Å². The molecule has 5 rings (SSSR count). The number of aromatic nitrogens is 3. The Morgan fingerprint density at radius 2 is 2.00 bits per heavy atom. The number of nitriles is 1. The Balaban J connectivity index is 1.50. The highest BCUT2D eigenvalue weighted by Crippen LogP contribution is 2.40. The van der Waals surface area contributed by atoms with Crippen molar-refractivity contribution in [2.45, 2.75) is 6.54 Å². The third-order valence-corrected chi connectivity index (χ3v) is 6.68. The van der Waals surface area contributed by atoms with Crippen molar-refractivity contribution in [3.05, 3.63) is 76.0 Å². The molecule has 4 heterocycles. The van der Waals surface area contributed by atoms with Crippen molar-refractivity contribution in [2.75, 3.05) is 5.32 Å². The zero-order valence-electron chi connectivity index (χ0n) is 15.9. The molecule has 1 aromatic carbocycles. The fourth-order valence-electron chi connectivity index (χ4n) is 3.32. The normalized spacial score (nSPS) is 10.9. The van der Waals surface area contributed by atoms with Crippen LogP contribution in [0, 0.1) is 11.3 Å². The lowest BCUT2D eigenvalue weighted by Gasteiger charge is -2.10. The van der Waals surface area contributed by atoms with E-state index < -0.39 is 0 Å². The van der Waals surface area contributed by atoms with Gasteiger partial charge in [0, 0.05) is 17.6 Å². The van der Waals surface area contributed by atoms with E-state index in [9.17, 15) is 14.9 Å². The van der Waals surface area contributed by atoms with E-state index in [2.05, 4.69) is 21.4 Å². The van der Waals surface area contributed by atoms with Crippen LogP contribution in [0.15, 0.2) is 64.9 Å².